The number of rotatable bonds is 4. The molecule has 0 aromatic heterocycles. The molecule has 2 N–H and O–H groups in total. The summed E-state index contributed by atoms with van der Waals surface area (Å²) in [5.74, 6) is -1.22. The zero-order valence-corrected chi connectivity index (χ0v) is 15.3. The summed E-state index contributed by atoms with van der Waals surface area (Å²) in [6, 6.07) is 11.6. The summed E-state index contributed by atoms with van der Waals surface area (Å²) in [7, 11) is 0. The lowest BCUT2D eigenvalue weighted by molar-refractivity contribution is -0.137. The van der Waals surface area contributed by atoms with E-state index in [4.69, 9.17) is 0 Å². The molecule has 0 saturated heterocycles. The van der Waals surface area contributed by atoms with Crippen LogP contribution in [-0.4, -0.2) is 18.4 Å². The first-order valence-electron chi connectivity index (χ1n) is 8.33. The van der Waals surface area contributed by atoms with Gasteiger partial charge in [-0.25, -0.2) is 0 Å². The number of benzene rings is 2. The number of nitrogens with one attached hydrogen (secondary N) is 2. The number of carbonyl (C=O) groups excluding carboxylic acids is 2. The highest BCUT2D eigenvalue weighted by Gasteiger charge is 2.33. The Morgan fingerprint density at radius 2 is 1.52 bits per heavy atom. The molecule has 0 aliphatic heterocycles. The van der Waals surface area contributed by atoms with Crippen LogP contribution in [-0.2, 0) is 16.4 Å². The molecular formula is C20H21F3N2O2. The molecule has 4 nitrogen and oxygen atoms in total. The van der Waals surface area contributed by atoms with Crippen molar-refractivity contribution in [3.8, 4) is 0 Å². The molecule has 2 amide bonds. The first-order chi connectivity index (χ1) is 12.5. The maximum Gasteiger partial charge on any atom is 0.418 e. The summed E-state index contributed by atoms with van der Waals surface area (Å²) < 4.78 is 38.8. The number of alkyl halides is 3. The number of para-hydroxylation sites is 1. The normalized spacial score (nSPS) is 11.8. The fourth-order valence-corrected chi connectivity index (χ4v) is 2.42. The highest BCUT2D eigenvalue weighted by Crippen LogP contribution is 2.34. The molecular weight excluding hydrogens is 357 g/mol. The molecule has 0 fully saturated rings. The molecule has 0 spiro atoms. The third-order valence-corrected chi connectivity index (χ3v) is 3.93. The molecule has 7 heteroatoms. The van der Waals surface area contributed by atoms with Crippen molar-refractivity contribution in [2.75, 3.05) is 11.9 Å². The number of anilines is 1. The molecule has 2 aromatic rings. The third-order valence-electron chi connectivity index (χ3n) is 3.93. The molecule has 0 aliphatic rings. The second kappa shape index (κ2) is 7.82. The topological polar surface area (TPSA) is 58.2 Å². The van der Waals surface area contributed by atoms with E-state index in [9.17, 15) is 22.8 Å². The Morgan fingerprint density at radius 3 is 2.07 bits per heavy atom. The quantitative estimate of drug-likeness (QED) is 0.830. The van der Waals surface area contributed by atoms with Gasteiger partial charge in [-0.3, -0.25) is 9.59 Å². The first kappa shape index (κ1) is 20.5. The second-order valence-electron chi connectivity index (χ2n) is 7.10. The highest BCUT2D eigenvalue weighted by molar-refractivity contribution is 5.99. The van der Waals surface area contributed by atoms with Gasteiger partial charge in [-0.15, -0.1) is 0 Å². The molecule has 2 aromatic carbocycles. The number of amides is 2. The van der Waals surface area contributed by atoms with Gasteiger partial charge in [0.15, 0.2) is 0 Å². The van der Waals surface area contributed by atoms with Crippen LogP contribution in [0.5, 0.6) is 0 Å². The van der Waals surface area contributed by atoms with E-state index < -0.39 is 30.1 Å². The van der Waals surface area contributed by atoms with E-state index in [1.54, 1.807) is 12.1 Å². The van der Waals surface area contributed by atoms with Crippen molar-refractivity contribution in [3.63, 3.8) is 0 Å². The fourth-order valence-electron chi connectivity index (χ4n) is 2.42. The zero-order valence-electron chi connectivity index (χ0n) is 15.3. The third kappa shape index (κ3) is 5.57. The highest BCUT2D eigenvalue weighted by atomic mass is 19.4. The van der Waals surface area contributed by atoms with Crippen LogP contribution < -0.4 is 10.6 Å². The summed E-state index contributed by atoms with van der Waals surface area (Å²) in [5, 5.41) is 4.58. The summed E-state index contributed by atoms with van der Waals surface area (Å²) in [6.45, 7) is 5.70. The minimum atomic E-state index is -4.58. The maximum atomic E-state index is 12.9. The molecule has 27 heavy (non-hydrogen) atoms. The average Bonchev–Trinajstić information content (AvgIpc) is 2.58. The largest absolute Gasteiger partial charge is 0.418 e. The van der Waals surface area contributed by atoms with Crippen LogP contribution in [0.1, 0.15) is 42.3 Å². The van der Waals surface area contributed by atoms with E-state index in [-0.39, 0.29) is 11.1 Å². The van der Waals surface area contributed by atoms with Gasteiger partial charge in [-0.1, -0.05) is 45.0 Å². The Bertz CT molecular complexity index is 822. The van der Waals surface area contributed by atoms with Gasteiger partial charge in [0.25, 0.3) is 5.91 Å². The Morgan fingerprint density at radius 1 is 0.926 bits per heavy atom. The number of hydrogen-bond donors (Lipinski definition) is 2. The summed E-state index contributed by atoms with van der Waals surface area (Å²) in [6.07, 6.45) is -4.58. The van der Waals surface area contributed by atoms with E-state index in [1.807, 2.05) is 32.9 Å². The molecule has 144 valence electrons. The van der Waals surface area contributed by atoms with Crippen LogP contribution in [0.3, 0.4) is 0 Å². The van der Waals surface area contributed by atoms with Gasteiger partial charge in [0.2, 0.25) is 5.91 Å². The van der Waals surface area contributed by atoms with Gasteiger partial charge < -0.3 is 10.6 Å². The maximum absolute atomic E-state index is 12.9. The minimum absolute atomic E-state index is 0.0548. The zero-order chi connectivity index (χ0) is 20.2. The minimum Gasteiger partial charge on any atom is -0.343 e. The predicted octanol–water partition coefficient (Wildman–Crippen LogP) is 4.37. The van der Waals surface area contributed by atoms with Gasteiger partial charge >= 0.3 is 6.18 Å². The van der Waals surface area contributed by atoms with Crippen LogP contribution >= 0.6 is 0 Å². The standard InChI is InChI=1S/C20H21F3N2O2/c1-19(2,3)14-10-8-13(9-11-14)18(27)24-12-17(26)25-16-7-5-4-6-15(16)20(21,22)23/h4-11H,12H2,1-3H3,(H,24,27)(H,25,26). The molecule has 0 bridgehead atoms. The van der Waals surface area contributed by atoms with Gasteiger partial charge in [0.05, 0.1) is 17.8 Å². The number of hydrogen-bond acceptors (Lipinski definition) is 2. The smallest absolute Gasteiger partial charge is 0.343 e. The van der Waals surface area contributed by atoms with E-state index in [2.05, 4.69) is 10.6 Å². The van der Waals surface area contributed by atoms with Crippen molar-refractivity contribution < 1.29 is 22.8 Å². The Labute approximate surface area is 155 Å². The molecule has 2 rings (SSSR count). The fraction of sp³-hybridized carbons (Fsp3) is 0.300. The molecule has 0 unspecified atom stereocenters. The Balaban J connectivity index is 1.97. The van der Waals surface area contributed by atoms with Crippen molar-refractivity contribution in [2.45, 2.75) is 32.4 Å². The summed E-state index contributed by atoms with van der Waals surface area (Å²) >= 11 is 0. The van der Waals surface area contributed by atoms with Crippen molar-refractivity contribution >= 4 is 17.5 Å². The van der Waals surface area contributed by atoms with Crippen molar-refractivity contribution in [3.05, 3.63) is 65.2 Å². The first-order valence-corrected chi connectivity index (χ1v) is 8.33. The lowest BCUT2D eigenvalue weighted by Crippen LogP contribution is -2.33. The lowest BCUT2D eigenvalue weighted by atomic mass is 9.87. The van der Waals surface area contributed by atoms with Crippen molar-refractivity contribution in [2.24, 2.45) is 0 Å². The van der Waals surface area contributed by atoms with Crippen molar-refractivity contribution in [1.29, 1.82) is 0 Å². The van der Waals surface area contributed by atoms with Crippen LogP contribution in [0, 0.1) is 0 Å². The monoisotopic (exact) mass is 378 g/mol. The van der Waals surface area contributed by atoms with Crippen molar-refractivity contribution in [1.82, 2.24) is 5.32 Å². The SMILES string of the molecule is CC(C)(C)c1ccc(C(=O)NCC(=O)Nc2ccccc2C(F)(F)F)cc1. The van der Waals surface area contributed by atoms with E-state index in [0.717, 1.165) is 17.7 Å². The second-order valence-corrected chi connectivity index (χ2v) is 7.10. The molecule has 0 atom stereocenters. The predicted molar refractivity (Wildman–Crippen MR) is 97.5 cm³/mol. The van der Waals surface area contributed by atoms with Crippen LogP contribution in [0.15, 0.2) is 48.5 Å². The van der Waals surface area contributed by atoms with Gasteiger partial charge in [-0.2, -0.15) is 13.2 Å². The molecule has 0 radical (unpaired) electrons. The van der Waals surface area contributed by atoms with E-state index >= 15 is 0 Å². The Hall–Kier alpha value is -2.83. The number of carbonyl (C=O) groups is 2. The van der Waals surface area contributed by atoms with Gasteiger partial charge in [0.1, 0.15) is 0 Å². The number of halogens is 3. The lowest BCUT2D eigenvalue weighted by Gasteiger charge is -2.19. The van der Waals surface area contributed by atoms with Crippen LogP contribution in [0.2, 0.25) is 0 Å². The summed E-state index contributed by atoms with van der Waals surface area (Å²) in [5.41, 5.74) is 0.0779. The van der Waals surface area contributed by atoms with Gasteiger partial charge in [-0.05, 0) is 35.2 Å². The summed E-state index contributed by atoms with van der Waals surface area (Å²) in [4.78, 5) is 24.0. The van der Waals surface area contributed by atoms with E-state index in [1.165, 1.54) is 12.1 Å². The van der Waals surface area contributed by atoms with Crippen LogP contribution in [0.4, 0.5) is 18.9 Å². The van der Waals surface area contributed by atoms with E-state index in [0.29, 0.717) is 5.56 Å². The average molecular weight is 378 g/mol. The molecule has 0 heterocycles. The van der Waals surface area contributed by atoms with Gasteiger partial charge in [0, 0.05) is 5.56 Å². The molecule has 0 aliphatic carbocycles. The Kier molecular flexibility index (Phi) is 5.93. The molecule has 0 saturated carbocycles. The van der Waals surface area contributed by atoms with Crippen LogP contribution in [0.25, 0.3) is 0 Å².